The van der Waals surface area contributed by atoms with E-state index in [0.29, 0.717) is 0 Å². The Labute approximate surface area is 250 Å². The van der Waals surface area contributed by atoms with Crippen molar-refractivity contribution < 1.29 is 9.13 Å². The Balaban J connectivity index is 0.00000316. The highest BCUT2D eigenvalue weighted by atomic mass is 15.1. The van der Waals surface area contributed by atoms with Crippen LogP contribution in [-0.2, 0) is 25.9 Å². The topological polar surface area (TPSA) is 11.0 Å². The summed E-state index contributed by atoms with van der Waals surface area (Å²) in [5, 5.41) is 2.65. The van der Waals surface area contributed by atoms with Crippen LogP contribution in [0.3, 0.4) is 0 Å². The van der Waals surface area contributed by atoms with Gasteiger partial charge in [0, 0.05) is 50.8 Å². The van der Waals surface area contributed by atoms with Crippen LogP contribution in [0.5, 0.6) is 0 Å². The highest BCUT2D eigenvalue weighted by Crippen LogP contribution is 2.44. The molecular weight excluding hydrogens is 510 g/mol. The van der Waals surface area contributed by atoms with Gasteiger partial charge in [0.2, 0.25) is 11.4 Å². The van der Waals surface area contributed by atoms with Crippen molar-refractivity contribution in [3.05, 3.63) is 125 Å². The van der Waals surface area contributed by atoms with Crippen molar-refractivity contribution >= 4 is 28.6 Å². The summed E-state index contributed by atoms with van der Waals surface area (Å²) in [6.07, 6.45) is 15.4. The van der Waals surface area contributed by atoms with E-state index in [1.54, 1.807) is 0 Å². The number of allylic oxidation sites excluding steroid dienone is 2. The van der Waals surface area contributed by atoms with Gasteiger partial charge in [0.25, 0.3) is 0 Å². The number of aryl methyl sites for hydroxylation is 2. The standard InChI is InChI=1S/C38H37N3.CH4/c1-26-27(2)33-20-24-41-22-18-30-11-7-8-12-34(30)38(41)37(33)36-32(26)19-23-40-21-17-29(25-35(36)40)10-6-5-9-28-13-15-31(16-14-28)39(3)4;/h5-18,21-22,25H,19-20,23-24H2,1-4H3;1H4/q+2;. The fourth-order valence-electron chi connectivity index (χ4n) is 6.76. The lowest BCUT2D eigenvalue weighted by Gasteiger charge is -2.27. The molecule has 3 nitrogen and oxygen atoms in total. The van der Waals surface area contributed by atoms with Crippen LogP contribution in [0.25, 0.3) is 45.4 Å². The Bertz CT molecular complexity index is 1870. The summed E-state index contributed by atoms with van der Waals surface area (Å²) in [6, 6.07) is 24.4. The van der Waals surface area contributed by atoms with Gasteiger partial charge in [-0.15, -0.1) is 0 Å². The van der Waals surface area contributed by atoms with E-state index >= 15 is 0 Å². The first kappa shape index (κ1) is 27.7. The van der Waals surface area contributed by atoms with Gasteiger partial charge in [-0.05, 0) is 70.8 Å². The summed E-state index contributed by atoms with van der Waals surface area (Å²) in [5.74, 6) is 0. The number of hydrogen-bond donors (Lipinski definition) is 0. The first-order valence-corrected chi connectivity index (χ1v) is 14.7. The van der Waals surface area contributed by atoms with Crippen molar-refractivity contribution in [3.8, 4) is 22.5 Å². The third kappa shape index (κ3) is 4.63. The average molecular weight is 552 g/mol. The van der Waals surface area contributed by atoms with Gasteiger partial charge in [0.05, 0.1) is 16.5 Å². The SMILES string of the molecule is C.Cc1c(C)c2c(c3c1CC[n+]1ccc(/C=C/C=C/c4ccc(N(C)C)cc4)cc1-3)-c1c3ccccc3cc[n+]1CC2. The zero-order valence-corrected chi connectivity index (χ0v) is 24.5. The predicted molar refractivity (Wildman–Crippen MR) is 178 cm³/mol. The van der Waals surface area contributed by atoms with Gasteiger partial charge >= 0.3 is 0 Å². The molecular formula is C39H41N3+2. The molecule has 2 aromatic heterocycles. The number of anilines is 1. The van der Waals surface area contributed by atoms with Crippen molar-refractivity contribution in [2.45, 2.75) is 47.2 Å². The number of aromatic nitrogens is 2. The number of fused-ring (bicyclic) bond motifs is 9. The summed E-state index contributed by atoms with van der Waals surface area (Å²) < 4.78 is 4.94. The number of nitrogens with zero attached hydrogens (tertiary/aromatic N) is 3. The Morgan fingerprint density at radius 1 is 0.690 bits per heavy atom. The first-order valence-electron chi connectivity index (χ1n) is 14.7. The fourth-order valence-corrected chi connectivity index (χ4v) is 6.76. The minimum Gasteiger partial charge on any atom is -0.378 e. The molecule has 0 bridgehead atoms. The van der Waals surface area contributed by atoms with Crippen LogP contribution < -0.4 is 14.0 Å². The van der Waals surface area contributed by atoms with Gasteiger partial charge in [-0.1, -0.05) is 62.1 Å². The predicted octanol–water partition coefficient (Wildman–Crippen LogP) is 7.91. The van der Waals surface area contributed by atoms with Crippen LogP contribution in [0.4, 0.5) is 5.69 Å². The van der Waals surface area contributed by atoms with E-state index in [0.717, 1.165) is 25.9 Å². The highest BCUT2D eigenvalue weighted by Gasteiger charge is 2.37. The molecule has 3 aromatic carbocycles. The maximum Gasteiger partial charge on any atom is 0.221 e. The van der Waals surface area contributed by atoms with E-state index in [-0.39, 0.29) is 7.43 Å². The van der Waals surface area contributed by atoms with Gasteiger partial charge in [-0.3, -0.25) is 0 Å². The van der Waals surface area contributed by atoms with Gasteiger partial charge < -0.3 is 4.90 Å². The third-order valence-electron chi connectivity index (χ3n) is 9.11. The molecule has 0 spiro atoms. The molecule has 0 N–H and O–H groups in total. The highest BCUT2D eigenvalue weighted by molar-refractivity contribution is 5.99. The Morgan fingerprint density at radius 3 is 2.07 bits per heavy atom. The van der Waals surface area contributed by atoms with Crippen LogP contribution in [-0.4, -0.2) is 14.1 Å². The van der Waals surface area contributed by atoms with E-state index in [9.17, 15) is 0 Å². The van der Waals surface area contributed by atoms with Crippen LogP contribution in [0.1, 0.15) is 40.8 Å². The monoisotopic (exact) mass is 551 g/mol. The Morgan fingerprint density at radius 2 is 1.33 bits per heavy atom. The van der Waals surface area contributed by atoms with Gasteiger partial charge in [-0.25, -0.2) is 0 Å². The van der Waals surface area contributed by atoms with E-state index in [1.807, 2.05) is 0 Å². The van der Waals surface area contributed by atoms with E-state index < -0.39 is 0 Å². The fraction of sp³-hybridized carbons (Fsp3) is 0.231. The van der Waals surface area contributed by atoms with E-state index in [2.05, 4.69) is 145 Å². The molecule has 4 heterocycles. The molecule has 7 rings (SSSR count). The average Bonchev–Trinajstić information content (AvgIpc) is 3.01. The van der Waals surface area contributed by atoms with E-state index in [4.69, 9.17) is 0 Å². The number of rotatable bonds is 4. The lowest BCUT2D eigenvalue weighted by Crippen LogP contribution is -2.43. The quantitative estimate of drug-likeness (QED) is 0.163. The lowest BCUT2D eigenvalue weighted by molar-refractivity contribution is -0.689. The molecule has 0 atom stereocenters. The number of benzene rings is 3. The summed E-state index contributed by atoms with van der Waals surface area (Å²) in [6.45, 7) is 6.73. The molecule has 0 saturated heterocycles. The van der Waals surface area contributed by atoms with Gasteiger partial charge in [0.1, 0.15) is 0 Å². The molecule has 0 amide bonds. The minimum absolute atomic E-state index is 0. The van der Waals surface area contributed by atoms with Crippen molar-refractivity contribution in [3.63, 3.8) is 0 Å². The smallest absolute Gasteiger partial charge is 0.221 e. The number of hydrogen-bond acceptors (Lipinski definition) is 1. The van der Waals surface area contributed by atoms with E-state index in [1.165, 1.54) is 72.4 Å². The third-order valence-corrected chi connectivity index (χ3v) is 9.11. The summed E-state index contributed by atoms with van der Waals surface area (Å²) in [4.78, 5) is 2.12. The van der Waals surface area contributed by atoms with Crippen molar-refractivity contribution in [1.29, 1.82) is 0 Å². The van der Waals surface area contributed by atoms with Crippen molar-refractivity contribution in [2.75, 3.05) is 19.0 Å². The Hall–Kier alpha value is -4.50. The first-order chi connectivity index (χ1) is 20.0. The second-order valence-electron chi connectivity index (χ2n) is 11.6. The molecule has 0 unspecified atom stereocenters. The summed E-state index contributed by atoms with van der Waals surface area (Å²) >= 11 is 0. The molecule has 2 aliphatic heterocycles. The van der Waals surface area contributed by atoms with Crippen LogP contribution >= 0.6 is 0 Å². The second-order valence-corrected chi connectivity index (χ2v) is 11.6. The maximum absolute atomic E-state index is 2.48. The molecule has 0 saturated carbocycles. The zero-order valence-electron chi connectivity index (χ0n) is 24.5. The van der Waals surface area contributed by atoms with Crippen molar-refractivity contribution in [2.24, 2.45) is 0 Å². The van der Waals surface area contributed by atoms with Crippen molar-refractivity contribution in [1.82, 2.24) is 0 Å². The normalized spacial score (nSPS) is 13.4. The van der Waals surface area contributed by atoms with Crippen LogP contribution in [0, 0.1) is 13.8 Å². The molecule has 210 valence electrons. The maximum atomic E-state index is 2.48. The zero-order chi connectivity index (χ0) is 28.1. The molecule has 3 heteroatoms. The van der Waals surface area contributed by atoms with Gasteiger partial charge in [0.15, 0.2) is 25.5 Å². The Kier molecular flexibility index (Phi) is 7.28. The summed E-state index contributed by atoms with van der Waals surface area (Å²) in [5.41, 5.74) is 15.2. The molecule has 0 fully saturated rings. The second kappa shape index (κ2) is 11.1. The molecule has 0 radical (unpaired) electrons. The molecule has 0 aliphatic carbocycles. The van der Waals surface area contributed by atoms with Gasteiger partial charge in [-0.2, -0.15) is 9.13 Å². The number of pyridine rings is 2. The molecule has 2 aliphatic rings. The minimum atomic E-state index is 0. The molecule has 5 aromatic rings. The van der Waals surface area contributed by atoms with Crippen LogP contribution in [0.2, 0.25) is 0 Å². The largest absolute Gasteiger partial charge is 0.378 e. The molecule has 42 heavy (non-hydrogen) atoms. The summed E-state index contributed by atoms with van der Waals surface area (Å²) in [7, 11) is 4.14. The lowest BCUT2D eigenvalue weighted by atomic mass is 9.79. The van der Waals surface area contributed by atoms with Crippen LogP contribution in [0.15, 0.2) is 91.3 Å².